The van der Waals surface area contributed by atoms with Gasteiger partial charge >= 0.3 is 0 Å². The van der Waals surface area contributed by atoms with Gasteiger partial charge in [0.25, 0.3) is 5.91 Å². The molecule has 0 aliphatic heterocycles. The van der Waals surface area contributed by atoms with Crippen molar-refractivity contribution in [1.29, 1.82) is 0 Å². The summed E-state index contributed by atoms with van der Waals surface area (Å²) in [5, 5.41) is 9.31. The highest BCUT2D eigenvalue weighted by Crippen LogP contribution is 2.27. The van der Waals surface area contributed by atoms with E-state index in [0.717, 1.165) is 21.3 Å². The van der Waals surface area contributed by atoms with E-state index in [2.05, 4.69) is 15.4 Å². The van der Waals surface area contributed by atoms with Crippen molar-refractivity contribution >= 4 is 33.8 Å². The first-order valence-corrected chi connectivity index (χ1v) is 8.22. The van der Waals surface area contributed by atoms with Crippen LogP contribution in [0.5, 0.6) is 0 Å². The van der Waals surface area contributed by atoms with Crippen molar-refractivity contribution in [3.8, 4) is 0 Å². The summed E-state index contributed by atoms with van der Waals surface area (Å²) in [6, 6.07) is 9.38. The number of halogens is 1. The van der Waals surface area contributed by atoms with Crippen molar-refractivity contribution in [1.82, 2.24) is 14.8 Å². The molecule has 0 spiro atoms. The Bertz CT molecular complexity index is 855. The van der Waals surface area contributed by atoms with E-state index in [-0.39, 0.29) is 5.91 Å². The fourth-order valence-corrected chi connectivity index (χ4v) is 3.44. The molecular weight excluding hydrogens is 332 g/mol. The van der Waals surface area contributed by atoms with Gasteiger partial charge in [-0.1, -0.05) is 23.7 Å². The summed E-state index contributed by atoms with van der Waals surface area (Å²) in [6.45, 7) is 1.89. The Hall–Kier alpha value is -2.18. The van der Waals surface area contributed by atoms with Crippen LogP contribution in [0.2, 0.25) is 5.02 Å². The fourth-order valence-electron chi connectivity index (χ4n) is 2.23. The Morgan fingerprint density at radius 2 is 2.22 bits per heavy atom. The number of benzene rings is 1. The number of amides is 1. The van der Waals surface area contributed by atoms with Gasteiger partial charge in [0.1, 0.15) is 10.7 Å². The van der Waals surface area contributed by atoms with Gasteiger partial charge in [-0.25, -0.2) is 4.98 Å². The second-order valence-corrected chi connectivity index (χ2v) is 6.64. The summed E-state index contributed by atoms with van der Waals surface area (Å²) >= 11 is 7.48. The number of anilines is 1. The third-order valence-corrected chi connectivity index (χ3v) is 4.67. The molecular formula is C16H15ClN4OS. The van der Waals surface area contributed by atoms with Crippen LogP contribution in [-0.4, -0.2) is 20.7 Å². The second kappa shape index (κ2) is 6.52. The fraction of sp³-hybridized carbons (Fsp3) is 0.188. The van der Waals surface area contributed by atoms with E-state index in [1.54, 1.807) is 24.0 Å². The van der Waals surface area contributed by atoms with Crippen LogP contribution in [0.1, 0.15) is 26.8 Å². The van der Waals surface area contributed by atoms with Gasteiger partial charge in [-0.05, 0) is 30.7 Å². The lowest BCUT2D eigenvalue weighted by Gasteiger charge is -2.03. The molecule has 23 heavy (non-hydrogen) atoms. The number of aryl methyl sites for hydroxylation is 2. The van der Waals surface area contributed by atoms with E-state index in [1.807, 2.05) is 31.2 Å². The predicted octanol–water partition coefficient (Wildman–Crippen LogP) is 3.68. The van der Waals surface area contributed by atoms with Gasteiger partial charge in [0.2, 0.25) is 0 Å². The number of nitrogens with one attached hydrogen (secondary N) is 1. The first kappa shape index (κ1) is 15.7. The van der Waals surface area contributed by atoms with E-state index in [0.29, 0.717) is 17.1 Å². The summed E-state index contributed by atoms with van der Waals surface area (Å²) in [5.74, 6) is -0.189. The minimum atomic E-state index is -0.189. The molecule has 0 atom stereocenters. The van der Waals surface area contributed by atoms with E-state index in [9.17, 15) is 4.79 Å². The van der Waals surface area contributed by atoms with Gasteiger partial charge in [0, 0.05) is 24.7 Å². The van der Waals surface area contributed by atoms with Gasteiger partial charge in [-0.2, -0.15) is 5.10 Å². The largest absolute Gasteiger partial charge is 0.311 e. The molecule has 118 valence electrons. The Kier molecular flexibility index (Phi) is 4.45. The van der Waals surface area contributed by atoms with Crippen LogP contribution in [0.4, 0.5) is 5.00 Å². The van der Waals surface area contributed by atoms with Crippen LogP contribution in [-0.2, 0) is 13.5 Å². The van der Waals surface area contributed by atoms with Crippen molar-refractivity contribution < 1.29 is 4.79 Å². The molecule has 2 heterocycles. The van der Waals surface area contributed by atoms with Crippen molar-refractivity contribution in [3.05, 3.63) is 63.5 Å². The third kappa shape index (κ3) is 3.60. The van der Waals surface area contributed by atoms with E-state index in [4.69, 9.17) is 11.6 Å². The first-order chi connectivity index (χ1) is 11.0. The zero-order chi connectivity index (χ0) is 16.4. The molecule has 0 fully saturated rings. The zero-order valence-corrected chi connectivity index (χ0v) is 14.3. The number of aromatic nitrogens is 3. The van der Waals surface area contributed by atoms with Crippen LogP contribution in [0.15, 0.2) is 36.5 Å². The van der Waals surface area contributed by atoms with Gasteiger partial charge in [-0.3, -0.25) is 9.48 Å². The molecule has 0 aliphatic carbocycles. The molecule has 7 heteroatoms. The van der Waals surface area contributed by atoms with E-state index < -0.39 is 0 Å². The first-order valence-electron chi connectivity index (χ1n) is 7.03. The number of thiazole rings is 1. The third-order valence-electron chi connectivity index (χ3n) is 3.37. The summed E-state index contributed by atoms with van der Waals surface area (Å²) in [5.41, 5.74) is 2.41. The van der Waals surface area contributed by atoms with Gasteiger partial charge in [-0.15, -0.1) is 11.3 Å². The number of hydrogen-bond acceptors (Lipinski definition) is 4. The molecule has 0 radical (unpaired) electrons. The standard InChI is InChI=1S/C16H15ClN4OS/c1-10-16(20-15(22)13-6-7-18-21(13)2)23-14(19-10)9-11-4-3-5-12(17)8-11/h3-8H,9H2,1-2H3,(H,20,22). The van der Waals surface area contributed by atoms with Gasteiger partial charge in [0.05, 0.1) is 10.7 Å². The van der Waals surface area contributed by atoms with Crippen molar-refractivity contribution in [3.63, 3.8) is 0 Å². The highest BCUT2D eigenvalue weighted by Gasteiger charge is 2.14. The molecule has 3 rings (SSSR count). The maximum absolute atomic E-state index is 12.2. The van der Waals surface area contributed by atoms with Crippen LogP contribution in [0.25, 0.3) is 0 Å². The summed E-state index contributed by atoms with van der Waals surface area (Å²) in [4.78, 5) is 16.8. The maximum atomic E-state index is 12.2. The lowest BCUT2D eigenvalue weighted by molar-refractivity contribution is 0.101. The quantitative estimate of drug-likeness (QED) is 0.783. The average molecular weight is 347 g/mol. The molecule has 2 aromatic heterocycles. The van der Waals surface area contributed by atoms with Crippen LogP contribution < -0.4 is 5.32 Å². The van der Waals surface area contributed by atoms with Crippen LogP contribution >= 0.6 is 22.9 Å². The van der Waals surface area contributed by atoms with Gasteiger partial charge < -0.3 is 5.32 Å². The molecule has 3 aromatic rings. The monoisotopic (exact) mass is 346 g/mol. The van der Waals surface area contributed by atoms with E-state index >= 15 is 0 Å². The lowest BCUT2D eigenvalue weighted by Crippen LogP contribution is -2.15. The number of rotatable bonds is 4. The van der Waals surface area contributed by atoms with Gasteiger partial charge in [0.15, 0.2) is 0 Å². The van der Waals surface area contributed by atoms with E-state index in [1.165, 1.54) is 11.3 Å². The SMILES string of the molecule is Cc1nc(Cc2cccc(Cl)c2)sc1NC(=O)c1ccnn1C. The van der Waals surface area contributed by atoms with Crippen molar-refractivity contribution in [2.24, 2.45) is 7.05 Å². The lowest BCUT2D eigenvalue weighted by atomic mass is 10.2. The molecule has 0 unspecified atom stereocenters. The Labute approximate surface area is 142 Å². The van der Waals surface area contributed by atoms with Crippen LogP contribution in [0.3, 0.4) is 0 Å². The summed E-state index contributed by atoms with van der Waals surface area (Å²) < 4.78 is 1.54. The smallest absolute Gasteiger partial charge is 0.274 e. The van der Waals surface area contributed by atoms with Crippen molar-refractivity contribution in [2.45, 2.75) is 13.3 Å². The number of carbonyl (C=O) groups is 1. The summed E-state index contributed by atoms with van der Waals surface area (Å²) in [7, 11) is 1.74. The predicted molar refractivity (Wildman–Crippen MR) is 92.3 cm³/mol. The minimum absolute atomic E-state index is 0.189. The molecule has 1 aromatic carbocycles. The maximum Gasteiger partial charge on any atom is 0.274 e. The molecule has 0 bridgehead atoms. The number of nitrogens with zero attached hydrogens (tertiary/aromatic N) is 3. The second-order valence-electron chi connectivity index (χ2n) is 5.12. The van der Waals surface area contributed by atoms with Crippen LogP contribution in [0, 0.1) is 6.92 Å². The molecule has 0 saturated carbocycles. The number of carbonyl (C=O) groups excluding carboxylic acids is 1. The average Bonchev–Trinajstić information content (AvgIpc) is 3.05. The molecule has 1 amide bonds. The number of hydrogen-bond donors (Lipinski definition) is 1. The molecule has 5 nitrogen and oxygen atoms in total. The highest BCUT2D eigenvalue weighted by atomic mass is 35.5. The summed E-state index contributed by atoms with van der Waals surface area (Å²) in [6.07, 6.45) is 2.28. The zero-order valence-electron chi connectivity index (χ0n) is 12.7. The molecule has 0 saturated heterocycles. The Morgan fingerprint density at radius 3 is 2.91 bits per heavy atom. The normalized spacial score (nSPS) is 10.7. The minimum Gasteiger partial charge on any atom is -0.311 e. The Balaban J connectivity index is 1.76. The topological polar surface area (TPSA) is 59.8 Å². The highest BCUT2D eigenvalue weighted by molar-refractivity contribution is 7.16. The Morgan fingerprint density at radius 1 is 1.39 bits per heavy atom. The molecule has 1 N–H and O–H groups in total. The molecule has 0 aliphatic rings. The van der Waals surface area contributed by atoms with Crippen molar-refractivity contribution in [2.75, 3.05) is 5.32 Å².